The summed E-state index contributed by atoms with van der Waals surface area (Å²) in [7, 11) is -1.15. The Morgan fingerprint density at radius 3 is 2.68 bits per heavy atom. The summed E-state index contributed by atoms with van der Waals surface area (Å²) in [6.07, 6.45) is 3.44. The molecule has 9 heteroatoms. The maximum atomic E-state index is 9.34. The van der Waals surface area contributed by atoms with E-state index in [0.29, 0.717) is 30.4 Å². The predicted molar refractivity (Wildman–Crippen MR) is 121 cm³/mol. The average Bonchev–Trinajstić information content (AvgIpc) is 3.34. The molecule has 4 aromatic rings. The first kappa shape index (κ1) is 20.9. The fraction of sp³-hybridized carbons (Fsp3) is 0.318. The van der Waals surface area contributed by atoms with E-state index in [-0.39, 0.29) is 0 Å². The van der Waals surface area contributed by atoms with Gasteiger partial charge in [-0.2, -0.15) is 15.5 Å². The summed E-state index contributed by atoms with van der Waals surface area (Å²) in [5.41, 5.74) is 4.92. The van der Waals surface area contributed by atoms with Crippen LogP contribution in [0.5, 0.6) is 0 Å². The molecule has 8 nitrogen and oxygen atoms in total. The molecule has 0 aliphatic rings. The first-order valence-electron chi connectivity index (χ1n) is 10.2. The van der Waals surface area contributed by atoms with Gasteiger partial charge in [-0.1, -0.05) is 25.7 Å². The van der Waals surface area contributed by atoms with Crippen LogP contribution in [0.3, 0.4) is 0 Å². The standard InChI is InChI=1S/C22H25N7OSi/c1-16-6-5-7-20(25-16)22-18(14-28(27-22)15-30-10-11-31(2,3)4)19-8-9-21-24-13-17(12-23)29(21)26-19/h5-9,13-14H,10-11,15H2,1-4H3. The van der Waals surface area contributed by atoms with E-state index >= 15 is 0 Å². The fourth-order valence-corrected chi connectivity index (χ4v) is 3.93. The molecule has 0 amide bonds. The van der Waals surface area contributed by atoms with Crippen LogP contribution in [-0.4, -0.2) is 44.0 Å². The maximum Gasteiger partial charge on any atom is 0.162 e. The molecule has 0 aromatic carbocycles. The molecule has 0 fully saturated rings. The summed E-state index contributed by atoms with van der Waals surface area (Å²) in [6, 6.07) is 12.8. The summed E-state index contributed by atoms with van der Waals surface area (Å²) in [5.74, 6) is 0. The third kappa shape index (κ3) is 4.71. The molecular weight excluding hydrogens is 406 g/mol. The van der Waals surface area contributed by atoms with Gasteiger partial charge in [0.1, 0.15) is 18.5 Å². The monoisotopic (exact) mass is 431 g/mol. The van der Waals surface area contributed by atoms with Crippen molar-refractivity contribution in [1.82, 2.24) is 29.4 Å². The van der Waals surface area contributed by atoms with Gasteiger partial charge in [-0.05, 0) is 37.2 Å². The van der Waals surface area contributed by atoms with Crippen molar-refractivity contribution in [3.63, 3.8) is 0 Å². The van der Waals surface area contributed by atoms with E-state index in [1.54, 1.807) is 9.20 Å². The molecule has 0 saturated heterocycles. The molecule has 4 rings (SSSR count). The summed E-state index contributed by atoms with van der Waals surface area (Å²) >= 11 is 0. The van der Waals surface area contributed by atoms with E-state index in [2.05, 4.69) is 40.8 Å². The number of ether oxygens (including phenoxy) is 1. The second-order valence-corrected chi connectivity index (χ2v) is 14.3. The summed E-state index contributed by atoms with van der Waals surface area (Å²) in [5, 5.41) is 18.7. The van der Waals surface area contributed by atoms with Crippen LogP contribution in [0.2, 0.25) is 25.7 Å². The van der Waals surface area contributed by atoms with Crippen molar-refractivity contribution < 1.29 is 4.74 Å². The highest BCUT2D eigenvalue weighted by Crippen LogP contribution is 2.29. The number of nitriles is 1. The van der Waals surface area contributed by atoms with E-state index in [1.165, 1.54) is 6.20 Å². The molecule has 0 atom stereocenters. The van der Waals surface area contributed by atoms with Crippen molar-refractivity contribution >= 4 is 13.7 Å². The zero-order valence-corrected chi connectivity index (χ0v) is 19.2. The van der Waals surface area contributed by atoms with Crippen LogP contribution < -0.4 is 0 Å². The van der Waals surface area contributed by atoms with E-state index in [0.717, 1.165) is 28.7 Å². The lowest BCUT2D eigenvalue weighted by Gasteiger charge is -2.15. The lowest BCUT2D eigenvalue weighted by Crippen LogP contribution is -2.22. The molecule has 4 aromatic heterocycles. The van der Waals surface area contributed by atoms with Crippen molar-refractivity contribution in [2.45, 2.75) is 39.3 Å². The number of nitrogens with zero attached hydrogens (tertiary/aromatic N) is 7. The third-order valence-electron chi connectivity index (χ3n) is 4.87. The minimum atomic E-state index is -1.15. The second kappa shape index (κ2) is 8.41. The molecule has 0 bridgehead atoms. The minimum absolute atomic E-state index is 0.361. The van der Waals surface area contributed by atoms with Gasteiger partial charge in [-0.25, -0.2) is 14.2 Å². The topological polar surface area (TPSA) is 93.9 Å². The van der Waals surface area contributed by atoms with Gasteiger partial charge in [-0.15, -0.1) is 0 Å². The van der Waals surface area contributed by atoms with E-state index < -0.39 is 8.07 Å². The van der Waals surface area contributed by atoms with Crippen LogP contribution in [0.15, 0.2) is 42.7 Å². The van der Waals surface area contributed by atoms with Gasteiger partial charge in [0.2, 0.25) is 0 Å². The first-order chi connectivity index (χ1) is 14.8. The zero-order valence-electron chi connectivity index (χ0n) is 18.2. The first-order valence-corrected chi connectivity index (χ1v) is 13.9. The Hall–Kier alpha value is -3.35. The molecule has 0 unspecified atom stereocenters. The molecule has 0 radical (unpaired) electrons. The Morgan fingerprint density at radius 1 is 1.10 bits per heavy atom. The smallest absolute Gasteiger partial charge is 0.162 e. The SMILES string of the molecule is Cc1cccc(-c2nn(COCC[Si](C)(C)C)cc2-c2ccc3ncc(C#N)n3n2)n1. The minimum Gasteiger partial charge on any atom is -0.360 e. The highest BCUT2D eigenvalue weighted by Gasteiger charge is 2.18. The van der Waals surface area contributed by atoms with Crippen molar-refractivity contribution in [3.05, 3.63) is 54.1 Å². The number of imidazole rings is 1. The molecule has 31 heavy (non-hydrogen) atoms. The zero-order chi connectivity index (χ0) is 22.0. The van der Waals surface area contributed by atoms with Gasteiger partial charge >= 0.3 is 0 Å². The summed E-state index contributed by atoms with van der Waals surface area (Å²) < 4.78 is 9.22. The number of pyridine rings is 1. The highest BCUT2D eigenvalue weighted by molar-refractivity contribution is 6.76. The van der Waals surface area contributed by atoms with Gasteiger partial charge in [0, 0.05) is 32.1 Å². The van der Waals surface area contributed by atoms with Gasteiger partial charge < -0.3 is 4.74 Å². The van der Waals surface area contributed by atoms with Crippen LogP contribution in [-0.2, 0) is 11.5 Å². The van der Waals surface area contributed by atoms with E-state index in [4.69, 9.17) is 9.84 Å². The Labute approximate surface area is 182 Å². The summed E-state index contributed by atoms with van der Waals surface area (Å²) in [6.45, 7) is 10.0. The van der Waals surface area contributed by atoms with E-state index in [1.807, 2.05) is 43.5 Å². The number of hydrogen-bond acceptors (Lipinski definition) is 6. The average molecular weight is 432 g/mol. The Morgan fingerprint density at radius 2 is 1.94 bits per heavy atom. The normalized spacial score (nSPS) is 11.7. The van der Waals surface area contributed by atoms with Crippen molar-refractivity contribution in [3.8, 4) is 28.7 Å². The Bertz CT molecular complexity index is 1260. The predicted octanol–water partition coefficient (Wildman–Crippen LogP) is 4.15. The Kier molecular flexibility index (Phi) is 5.67. The van der Waals surface area contributed by atoms with Crippen LogP contribution in [0.4, 0.5) is 0 Å². The molecule has 0 aliphatic carbocycles. The fourth-order valence-electron chi connectivity index (χ4n) is 3.17. The molecule has 4 heterocycles. The van der Waals surface area contributed by atoms with E-state index in [9.17, 15) is 5.26 Å². The van der Waals surface area contributed by atoms with Crippen LogP contribution in [0, 0.1) is 18.3 Å². The molecule has 158 valence electrons. The van der Waals surface area contributed by atoms with Crippen LogP contribution in [0.1, 0.15) is 11.4 Å². The van der Waals surface area contributed by atoms with Gasteiger partial charge in [0.25, 0.3) is 0 Å². The van der Waals surface area contributed by atoms with Gasteiger partial charge in [0.15, 0.2) is 11.3 Å². The van der Waals surface area contributed by atoms with Crippen molar-refractivity contribution in [2.75, 3.05) is 6.61 Å². The van der Waals surface area contributed by atoms with Crippen LogP contribution in [0.25, 0.3) is 28.3 Å². The highest BCUT2D eigenvalue weighted by atomic mass is 28.3. The number of rotatable bonds is 7. The largest absolute Gasteiger partial charge is 0.360 e. The quantitative estimate of drug-likeness (QED) is 0.322. The van der Waals surface area contributed by atoms with Gasteiger partial charge in [0.05, 0.1) is 17.6 Å². The van der Waals surface area contributed by atoms with Gasteiger partial charge in [-0.3, -0.25) is 4.98 Å². The van der Waals surface area contributed by atoms with Crippen molar-refractivity contribution in [2.24, 2.45) is 0 Å². The maximum absolute atomic E-state index is 9.34. The van der Waals surface area contributed by atoms with Crippen molar-refractivity contribution in [1.29, 1.82) is 5.26 Å². The second-order valence-electron chi connectivity index (χ2n) is 8.69. The number of hydrogen-bond donors (Lipinski definition) is 0. The number of aromatic nitrogens is 6. The lowest BCUT2D eigenvalue weighted by atomic mass is 10.1. The molecule has 0 aliphatic heterocycles. The number of aryl methyl sites for hydroxylation is 1. The lowest BCUT2D eigenvalue weighted by molar-refractivity contribution is 0.0787. The molecule has 0 N–H and O–H groups in total. The van der Waals surface area contributed by atoms with Crippen LogP contribution >= 0.6 is 0 Å². The molecule has 0 spiro atoms. The Balaban J connectivity index is 1.71. The molecule has 0 saturated carbocycles. The number of fused-ring (bicyclic) bond motifs is 1. The molecular formula is C22H25N7OSi. The summed E-state index contributed by atoms with van der Waals surface area (Å²) in [4.78, 5) is 8.87. The third-order valence-corrected chi connectivity index (χ3v) is 6.57.